The Kier molecular flexibility index (Phi) is 5.90. The van der Waals surface area contributed by atoms with Crippen LogP contribution in [0.25, 0.3) is 0 Å². The molecule has 2 aromatic rings. The van der Waals surface area contributed by atoms with Crippen molar-refractivity contribution in [3.8, 4) is 5.75 Å². The predicted octanol–water partition coefficient (Wildman–Crippen LogP) is 4.04. The van der Waals surface area contributed by atoms with Crippen LogP contribution in [-0.4, -0.2) is 13.2 Å². The number of rotatable bonds is 7. The molecule has 2 rings (SSSR count). The summed E-state index contributed by atoms with van der Waals surface area (Å²) in [6.07, 6.45) is 1.64. The van der Waals surface area contributed by atoms with Crippen molar-refractivity contribution in [2.75, 3.05) is 13.2 Å². The van der Waals surface area contributed by atoms with Crippen LogP contribution < -0.4 is 10.5 Å². The summed E-state index contributed by atoms with van der Waals surface area (Å²) in [5.74, 6) is -0.878. The molecule has 2 aromatic carbocycles. The first-order valence-corrected chi connectivity index (χ1v) is 7.50. The summed E-state index contributed by atoms with van der Waals surface area (Å²) in [5, 5.41) is 0. The van der Waals surface area contributed by atoms with Gasteiger partial charge in [-0.3, -0.25) is 0 Å². The molecule has 2 N–H and O–H groups in total. The highest BCUT2D eigenvalue weighted by atomic mass is 19.2. The number of hydrogen-bond donors (Lipinski definition) is 1. The lowest BCUT2D eigenvalue weighted by Crippen LogP contribution is -2.15. The second-order valence-electron chi connectivity index (χ2n) is 5.30. The highest BCUT2D eigenvalue weighted by Crippen LogP contribution is 2.23. The van der Waals surface area contributed by atoms with E-state index in [2.05, 4.69) is 6.92 Å². The van der Waals surface area contributed by atoms with Gasteiger partial charge >= 0.3 is 0 Å². The minimum absolute atomic E-state index is 0.0440. The van der Waals surface area contributed by atoms with Gasteiger partial charge in [-0.1, -0.05) is 25.1 Å². The van der Waals surface area contributed by atoms with Gasteiger partial charge in [0.2, 0.25) is 0 Å². The third-order valence-electron chi connectivity index (χ3n) is 3.58. The number of halogens is 2. The average Bonchev–Trinajstić information content (AvgIpc) is 2.54. The maximum atomic E-state index is 13.4. The normalized spacial score (nSPS) is 12.2. The fourth-order valence-corrected chi connectivity index (χ4v) is 2.33. The van der Waals surface area contributed by atoms with E-state index in [9.17, 15) is 8.78 Å². The number of benzene rings is 2. The van der Waals surface area contributed by atoms with Crippen LogP contribution in [0.4, 0.5) is 8.78 Å². The van der Waals surface area contributed by atoms with E-state index in [0.717, 1.165) is 23.8 Å². The van der Waals surface area contributed by atoms with Gasteiger partial charge in [-0.05, 0) is 54.8 Å². The first-order valence-electron chi connectivity index (χ1n) is 7.50. The van der Waals surface area contributed by atoms with Crippen molar-refractivity contribution in [2.45, 2.75) is 25.7 Å². The lowest BCUT2D eigenvalue weighted by molar-refractivity contribution is 0.317. The molecule has 0 aliphatic rings. The van der Waals surface area contributed by atoms with Gasteiger partial charge in [-0.15, -0.1) is 0 Å². The van der Waals surface area contributed by atoms with Crippen molar-refractivity contribution >= 4 is 0 Å². The zero-order valence-corrected chi connectivity index (χ0v) is 12.7. The molecular weight excluding hydrogens is 284 g/mol. The molecule has 0 fully saturated rings. The van der Waals surface area contributed by atoms with Crippen LogP contribution in [0.15, 0.2) is 42.5 Å². The molecule has 0 bridgehead atoms. The molecule has 0 saturated heterocycles. The van der Waals surface area contributed by atoms with Crippen LogP contribution >= 0.6 is 0 Å². The average molecular weight is 305 g/mol. The van der Waals surface area contributed by atoms with Crippen molar-refractivity contribution in [2.24, 2.45) is 5.73 Å². The summed E-state index contributed by atoms with van der Waals surface area (Å²) in [7, 11) is 0. The van der Waals surface area contributed by atoms with Gasteiger partial charge in [0.15, 0.2) is 11.6 Å². The van der Waals surface area contributed by atoms with Crippen LogP contribution in [0.3, 0.4) is 0 Å². The van der Waals surface area contributed by atoms with E-state index in [0.29, 0.717) is 25.1 Å². The molecule has 118 valence electrons. The Balaban J connectivity index is 2.07. The van der Waals surface area contributed by atoms with Gasteiger partial charge in [0, 0.05) is 5.92 Å². The smallest absolute Gasteiger partial charge is 0.159 e. The standard InChI is InChI=1S/C18H21F2NO/c1-2-9-22-16-6-3-13(4-7-16)10-15(12-21)14-5-8-17(19)18(20)11-14/h3-8,11,15H,2,9-10,12,21H2,1H3. The summed E-state index contributed by atoms with van der Waals surface area (Å²) in [4.78, 5) is 0. The maximum Gasteiger partial charge on any atom is 0.159 e. The van der Waals surface area contributed by atoms with Crippen LogP contribution in [0, 0.1) is 11.6 Å². The van der Waals surface area contributed by atoms with Crippen LogP contribution in [0.1, 0.15) is 30.4 Å². The fourth-order valence-electron chi connectivity index (χ4n) is 2.33. The van der Waals surface area contributed by atoms with Gasteiger partial charge in [0.05, 0.1) is 6.61 Å². The monoisotopic (exact) mass is 305 g/mol. The van der Waals surface area contributed by atoms with Gasteiger partial charge in [0.1, 0.15) is 5.75 Å². The molecule has 0 spiro atoms. The van der Waals surface area contributed by atoms with E-state index in [4.69, 9.17) is 10.5 Å². The number of hydrogen-bond acceptors (Lipinski definition) is 2. The first kappa shape index (κ1) is 16.4. The molecule has 22 heavy (non-hydrogen) atoms. The van der Waals surface area contributed by atoms with Crippen molar-refractivity contribution in [1.29, 1.82) is 0 Å². The van der Waals surface area contributed by atoms with Crippen LogP contribution in [0.5, 0.6) is 5.75 Å². The Morgan fingerprint density at radius 3 is 2.36 bits per heavy atom. The number of ether oxygens (including phenoxy) is 1. The molecule has 0 radical (unpaired) electrons. The molecule has 4 heteroatoms. The van der Waals surface area contributed by atoms with E-state index in [1.165, 1.54) is 6.07 Å². The summed E-state index contributed by atoms with van der Waals surface area (Å²) in [6, 6.07) is 11.8. The summed E-state index contributed by atoms with van der Waals surface area (Å²) in [6.45, 7) is 3.13. The predicted molar refractivity (Wildman–Crippen MR) is 84.1 cm³/mol. The van der Waals surface area contributed by atoms with E-state index < -0.39 is 11.6 Å². The van der Waals surface area contributed by atoms with Crippen molar-refractivity contribution in [1.82, 2.24) is 0 Å². The second-order valence-corrected chi connectivity index (χ2v) is 5.30. The quantitative estimate of drug-likeness (QED) is 0.838. The second kappa shape index (κ2) is 7.90. The summed E-state index contributed by atoms with van der Waals surface area (Å²) < 4.78 is 31.9. The zero-order chi connectivity index (χ0) is 15.9. The van der Waals surface area contributed by atoms with E-state index in [1.807, 2.05) is 24.3 Å². The maximum absolute atomic E-state index is 13.4. The van der Waals surface area contributed by atoms with Gasteiger partial charge in [-0.2, -0.15) is 0 Å². The lowest BCUT2D eigenvalue weighted by atomic mass is 9.92. The number of nitrogens with two attached hydrogens (primary N) is 1. The van der Waals surface area contributed by atoms with Crippen LogP contribution in [0.2, 0.25) is 0 Å². The molecule has 0 aliphatic heterocycles. The van der Waals surface area contributed by atoms with Gasteiger partial charge < -0.3 is 10.5 Å². The van der Waals surface area contributed by atoms with Crippen molar-refractivity contribution in [3.05, 3.63) is 65.2 Å². The Labute approximate surface area is 129 Å². The molecule has 0 aromatic heterocycles. The lowest BCUT2D eigenvalue weighted by Gasteiger charge is -2.16. The minimum Gasteiger partial charge on any atom is -0.494 e. The molecule has 1 unspecified atom stereocenters. The van der Waals surface area contributed by atoms with Crippen molar-refractivity contribution < 1.29 is 13.5 Å². The molecule has 1 atom stereocenters. The highest BCUT2D eigenvalue weighted by molar-refractivity contribution is 5.30. The molecular formula is C18H21F2NO. The minimum atomic E-state index is -0.836. The highest BCUT2D eigenvalue weighted by Gasteiger charge is 2.13. The summed E-state index contributed by atoms with van der Waals surface area (Å²) in [5.41, 5.74) is 7.60. The Morgan fingerprint density at radius 1 is 1.05 bits per heavy atom. The first-order chi connectivity index (χ1) is 10.6. The fraction of sp³-hybridized carbons (Fsp3) is 0.333. The molecule has 0 aliphatic carbocycles. The zero-order valence-electron chi connectivity index (χ0n) is 12.7. The van der Waals surface area contributed by atoms with Crippen molar-refractivity contribution in [3.63, 3.8) is 0 Å². The molecule has 0 saturated carbocycles. The third kappa shape index (κ3) is 4.28. The van der Waals surface area contributed by atoms with Crippen LogP contribution in [-0.2, 0) is 6.42 Å². The topological polar surface area (TPSA) is 35.2 Å². The third-order valence-corrected chi connectivity index (χ3v) is 3.58. The SMILES string of the molecule is CCCOc1ccc(CC(CN)c2ccc(F)c(F)c2)cc1. The van der Waals surface area contributed by atoms with Gasteiger partial charge in [-0.25, -0.2) is 8.78 Å². The Bertz CT molecular complexity index is 599. The van der Waals surface area contributed by atoms with E-state index >= 15 is 0 Å². The largest absolute Gasteiger partial charge is 0.494 e. The Hall–Kier alpha value is -1.94. The summed E-state index contributed by atoms with van der Waals surface area (Å²) >= 11 is 0. The van der Waals surface area contributed by atoms with Gasteiger partial charge in [0.25, 0.3) is 0 Å². The molecule has 0 heterocycles. The van der Waals surface area contributed by atoms with E-state index in [-0.39, 0.29) is 5.92 Å². The van der Waals surface area contributed by atoms with E-state index in [1.54, 1.807) is 6.07 Å². The Morgan fingerprint density at radius 2 is 1.77 bits per heavy atom. The molecule has 2 nitrogen and oxygen atoms in total. The molecule has 0 amide bonds.